The average molecular weight is 571 g/mol. The minimum atomic E-state index is 0.747. The second-order valence-corrected chi connectivity index (χ2v) is 10.1. The predicted octanol–water partition coefficient (Wildman–Crippen LogP) is 7.10. The standard InChI is InChI=1S/C19H26N6.C11H15Cl2N/c1-4-23(3)19-14-18(20-15-21-19)22-16-6-8-17(9-7-16)25-12-10-24(5-2)11-13-25;1-4-7-6-8(5-2)10(13)11(14-3)9(7)12/h4,6-9,14-15H,1,5,10-13H2,2-3H3,(H,20,21,22);6,14H,4-5H2,1-3H3. The number of nitrogens with one attached hydrogen (secondary N) is 2. The number of likely N-dealkylation sites (N-methyl/N-ethyl adjacent to an activating group) is 1. The molecule has 0 atom stereocenters. The summed E-state index contributed by atoms with van der Waals surface area (Å²) in [6.07, 6.45) is 5.13. The predicted molar refractivity (Wildman–Crippen MR) is 169 cm³/mol. The van der Waals surface area contributed by atoms with Gasteiger partial charge in [0.15, 0.2) is 0 Å². The molecular weight excluding hydrogens is 529 g/mol. The molecule has 3 aromatic rings. The Hall–Kier alpha value is -3.00. The van der Waals surface area contributed by atoms with E-state index in [1.807, 2.05) is 25.1 Å². The third kappa shape index (κ3) is 8.01. The molecule has 7 nitrogen and oxygen atoms in total. The van der Waals surface area contributed by atoms with E-state index < -0.39 is 0 Å². The summed E-state index contributed by atoms with van der Waals surface area (Å²) < 4.78 is 0. The maximum atomic E-state index is 6.20. The van der Waals surface area contributed by atoms with Gasteiger partial charge in [0, 0.05) is 57.7 Å². The smallest absolute Gasteiger partial charge is 0.137 e. The lowest BCUT2D eigenvalue weighted by Crippen LogP contribution is -2.46. The van der Waals surface area contributed by atoms with Crippen molar-refractivity contribution in [3.05, 3.63) is 76.7 Å². The number of anilines is 5. The van der Waals surface area contributed by atoms with Gasteiger partial charge < -0.3 is 25.3 Å². The van der Waals surface area contributed by atoms with E-state index in [0.717, 1.165) is 89.7 Å². The van der Waals surface area contributed by atoms with Gasteiger partial charge in [0.05, 0.1) is 15.7 Å². The third-order valence-electron chi connectivity index (χ3n) is 6.98. The van der Waals surface area contributed by atoms with Crippen molar-refractivity contribution >= 4 is 51.9 Å². The van der Waals surface area contributed by atoms with Gasteiger partial charge in [-0.1, -0.05) is 56.6 Å². The van der Waals surface area contributed by atoms with Gasteiger partial charge in [0.1, 0.15) is 18.0 Å². The van der Waals surface area contributed by atoms with Crippen LogP contribution in [0.25, 0.3) is 0 Å². The van der Waals surface area contributed by atoms with Crippen LogP contribution in [0.15, 0.2) is 55.5 Å². The molecule has 1 saturated heterocycles. The van der Waals surface area contributed by atoms with Gasteiger partial charge in [0.25, 0.3) is 0 Å². The molecule has 0 bridgehead atoms. The van der Waals surface area contributed by atoms with Crippen molar-refractivity contribution in [1.29, 1.82) is 0 Å². The lowest BCUT2D eigenvalue weighted by Gasteiger charge is -2.35. The van der Waals surface area contributed by atoms with Gasteiger partial charge in [-0.25, -0.2) is 9.97 Å². The van der Waals surface area contributed by atoms with E-state index in [4.69, 9.17) is 23.2 Å². The van der Waals surface area contributed by atoms with Gasteiger partial charge in [-0.15, -0.1) is 0 Å². The fourth-order valence-corrected chi connectivity index (χ4v) is 5.22. The minimum Gasteiger partial charge on any atom is -0.386 e. The zero-order valence-electron chi connectivity index (χ0n) is 23.8. The van der Waals surface area contributed by atoms with Crippen molar-refractivity contribution in [3.63, 3.8) is 0 Å². The molecule has 4 rings (SSSR count). The Morgan fingerprint density at radius 1 is 0.949 bits per heavy atom. The van der Waals surface area contributed by atoms with Crippen molar-refractivity contribution in [2.45, 2.75) is 33.6 Å². The molecular formula is C30H41Cl2N7. The number of nitrogens with zero attached hydrogens (tertiary/aromatic N) is 5. The number of benzene rings is 2. The maximum Gasteiger partial charge on any atom is 0.137 e. The molecule has 210 valence electrons. The second-order valence-electron chi connectivity index (χ2n) is 9.30. The van der Waals surface area contributed by atoms with Crippen LogP contribution in [-0.4, -0.2) is 61.7 Å². The van der Waals surface area contributed by atoms with E-state index in [9.17, 15) is 0 Å². The molecule has 39 heavy (non-hydrogen) atoms. The number of piperazine rings is 1. The summed E-state index contributed by atoms with van der Waals surface area (Å²) in [6.45, 7) is 15.7. The number of rotatable bonds is 9. The number of hydrogen-bond donors (Lipinski definition) is 2. The third-order valence-corrected chi connectivity index (χ3v) is 7.84. The van der Waals surface area contributed by atoms with Gasteiger partial charge in [-0.05, 0) is 61.0 Å². The highest BCUT2D eigenvalue weighted by Crippen LogP contribution is 2.36. The van der Waals surface area contributed by atoms with Crippen LogP contribution in [0.4, 0.5) is 28.7 Å². The van der Waals surface area contributed by atoms with Crippen LogP contribution in [0.3, 0.4) is 0 Å². The van der Waals surface area contributed by atoms with Crippen molar-refractivity contribution in [2.24, 2.45) is 0 Å². The Bertz CT molecular complexity index is 1180. The normalized spacial score (nSPS) is 13.4. The summed E-state index contributed by atoms with van der Waals surface area (Å²) in [6, 6.07) is 12.5. The van der Waals surface area contributed by atoms with Crippen LogP contribution in [0.5, 0.6) is 0 Å². The zero-order chi connectivity index (χ0) is 28.4. The monoisotopic (exact) mass is 569 g/mol. The van der Waals surface area contributed by atoms with Crippen LogP contribution in [-0.2, 0) is 12.8 Å². The topological polar surface area (TPSA) is 59.6 Å². The molecule has 0 radical (unpaired) electrons. The van der Waals surface area contributed by atoms with Crippen molar-refractivity contribution in [1.82, 2.24) is 14.9 Å². The molecule has 2 aromatic carbocycles. The fraction of sp³-hybridized carbons (Fsp3) is 0.400. The lowest BCUT2D eigenvalue weighted by molar-refractivity contribution is 0.271. The van der Waals surface area contributed by atoms with Crippen LogP contribution in [0, 0.1) is 0 Å². The van der Waals surface area contributed by atoms with E-state index in [1.54, 1.807) is 12.5 Å². The van der Waals surface area contributed by atoms with Crippen LogP contribution in [0.2, 0.25) is 10.0 Å². The SMILES string of the molecule is C=CN(C)c1cc(Nc2ccc(N3CCN(CC)CC3)cc2)ncn1.CCc1cc(CC)c(Cl)c(NC)c1Cl. The first-order valence-corrected chi connectivity index (χ1v) is 14.3. The number of aromatic nitrogens is 2. The molecule has 1 aromatic heterocycles. The second kappa shape index (κ2) is 15.0. The van der Waals surface area contributed by atoms with Crippen LogP contribution >= 0.6 is 23.2 Å². The highest BCUT2D eigenvalue weighted by atomic mass is 35.5. The summed E-state index contributed by atoms with van der Waals surface area (Å²) in [4.78, 5) is 15.3. The fourth-order valence-electron chi connectivity index (χ4n) is 4.42. The molecule has 2 heterocycles. The zero-order valence-corrected chi connectivity index (χ0v) is 25.3. The first kappa shape index (κ1) is 30.5. The molecule has 0 unspecified atom stereocenters. The molecule has 1 fully saturated rings. The number of halogens is 2. The van der Waals surface area contributed by atoms with Gasteiger partial charge in [0.2, 0.25) is 0 Å². The molecule has 1 aliphatic heterocycles. The van der Waals surface area contributed by atoms with Crippen LogP contribution in [0.1, 0.15) is 31.9 Å². The Morgan fingerprint density at radius 2 is 1.56 bits per heavy atom. The van der Waals surface area contributed by atoms with E-state index in [-0.39, 0.29) is 0 Å². The Morgan fingerprint density at radius 3 is 2.08 bits per heavy atom. The van der Waals surface area contributed by atoms with Crippen molar-refractivity contribution in [3.8, 4) is 0 Å². The summed E-state index contributed by atoms with van der Waals surface area (Å²) >= 11 is 12.4. The number of hydrogen-bond acceptors (Lipinski definition) is 7. The lowest BCUT2D eigenvalue weighted by atomic mass is 10.1. The van der Waals surface area contributed by atoms with Gasteiger partial charge in [-0.3, -0.25) is 0 Å². The molecule has 0 amide bonds. The highest BCUT2D eigenvalue weighted by molar-refractivity contribution is 6.40. The van der Waals surface area contributed by atoms with Crippen LogP contribution < -0.4 is 20.4 Å². The van der Waals surface area contributed by atoms with E-state index >= 15 is 0 Å². The van der Waals surface area contributed by atoms with E-state index in [2.05, 4.69) is 88.1 Å². The van der Waals surface area contributed by atoms with E-state index in [1.165, 1.54) is 5.69 Å². The summed E-state index contributed by atoms with van der Waals surface area (Å²) in [7, 11) is 3.75. The maximum absolute atomic E-state index is 6.20. The Kier molecular flexibility index (Phi) is 11.7. The number of aryl methyl sites for hydroxylation is 2. The van der Waals surface area contributed by atoms with Crippen molar-refractivity contribution < 1.29 is 0 Å². The minimum absolute atomic E-state index is 0.747. The first-order valence-electron chi connectivity index (χ1n) is 13.5. The summed E-state index contributed by atoms with van der Waals surface area (Å²) in [5.74, 6) is 1.57. The first-order chi connectivity index (χ1) is 18.8. The summed E-state index contributed by atoms with van der Waals surface area (Å²) in [5, 5.41) is 7.87. The van der Waals surface area contributed by atoms with E-state index in [0.29, 0.717) is 0 Å². The molecule has 2 N–H and O–H groups in total. The highest BCUT2D eigenvalue weighted by Gasteiger charge is 2.16. The molecule has 9 heteroatoms. The Labute approximate surface area is 243 Å². The van der Waals surface area contributed by atoms with Gasteiger partial charge >= 0.3 is 0 Å². The van der Waals surface area contributed by atoms with Gasteiger partial charge in [-0.2, -0.15) is 0 Å². The average Bonchev–Trinajstić information content (AvgIpc) is 2.98. The quantitative estimate of drug-likeness (QED) is 0.285. The summed E-state index contributed by atoms with van der Waals surface area (Å²) in [5.41, 5.74) is 5.44. The molecule has 1 aliphatic rings. The molecule has 0 spiro atoms. The molecule has 0 aliphatic carbocycles. The molecule has 0 saturated carbocycles. The van der Waals surface area contributed by atoms with Crippen molar-refractivity contribution in [2.75, 3.05) is 67.3 Å². The largest absolute Gasteiger partial charge is 0.386 e. The Balaban J connectivity index is 0.000000255.